The highest BCUT2D eigenvalue weighted by molar-refractivity contribution is 8.55. The molecule has 0 radical (unpaired) electrons. The van der Waals surface area contributed by atoms with Gasteiger partial charge >= 0.3 is 6.72 Å². The van der Waals surface area contributed by atoms with Gasteiger partial charge in [-0.3, -0.25) is 9.55 Å². The first-order valence-corrected chi connectivity index (χ1v) is 11.9. The van der Waals surface area contributed by atoms with Crippen molar-refractivity contribution in [1.82, 2.24) is 10.1 Å². The summed E-state index contributed by atoms with van der Waals surface area (Å²) in [5, 5.41) is 6.09. The lowest BCUT2D eigenvalue weighted by molar-refractivity contribution is 0.482. The molecule has 0 aliphatic carbocycles. The van der Waals surface area contributed by atoms with Crippen LogP contribution in [-0.4, -0.2) is 9.88 Å². The molecular weight excluding hydrogens is 375 g/mol. The molecule has 0 aliphatic rings. The highest BCUT2D eigenvalue weighted by Crippen LogP contribution is 2.52. The second kappa shape index (κ2) is 7.83. The van der Waals surface area contributed by atoms with Crippen molar-refractivity contribution in [3.63, 3.8) is 0 Å². The zero-order valence-electron chi connectivity index (χ0n) is 14.6. The van der Waals surface area contributed by atoms with Crippen LogP contribution in [0.1, 0.15) is 11.1 Å². The number of fused-ring (bicyclic) bond motifs is 2. The van der Waals surface area contributed by atoms with Crippen LogP contribution in [0.25, 0.3) is 21.7 Å². The van der Waals surface area contributed by atoms with Crippen LogP contribution in [0.2, 0.25) is 0 Å². The van der Waals surface area contributed by atoms with Crippen molar-refractivity contribution in [1.29, 1.82) is 0 Å². The van der Waals surface area contributed by atoms with Crippen LogP contribution in [0.5, 0.6) is 0 Å². The first kappa shape index (κ1) is 18.2. The van der Waals surface area contributed by atoms with Crippen molar-refractivity contribution in [3.05, 3.63) is 90.1 Å². The maximum absolute atomic E-state index is 12.6. The molecule has 6 heteroatoms. The Morgan fingerprint density at radius 2 is 1.59 bits per heavy atom. The van der Waals surface area contributed by atoms with Gasteiger partial charge < -0.3 is 4.89 Å². The van der Waals surface area contributed by atoms with Crippen molar-refractivity contribution in [3.8, 4) is 0 Å². The fourth-order valence-corrected chi connectivity index (χ4v) is 5.54. The molecule has 4 aromatic rings. The summed E-state index contributed by atoms with van der Waals surface area (Å²) in [4.78, 5) is 14.8. The Morgan fingerprint density at radius 3 is 2.48 bits per heavy atom. The van der Waals surface area contributed by atoms with Crippen LogP contribution in [0.15, 0.2) is 79.0 Å². The minimum absolute atomic E-state index is 0.343. The summed E-state index contributed by atoms with van der Waals surface area (Å²) in [6.07, 6.45) is 1.74. The predicted molar refractivity (Wildman–Crippen MR) is 114 cm³/mol. The molecule has 0 aliphatic heterocycles. The molecule has 0 bridgehead atoms. The third-order valence-electron chi connectivity index (χ3n) is 4.46. The van der Waals surface area contributed by atoms with Crippen LogP contribution < -0.4 is 5.09 Å². The Morgan fingerprint density at radius 1 is 0.889 bits per heavy atom. The average Bonchev–Trinajstić information content (AvgIpc) is 2.71. The number of aromatic nitrogens is 1. The Labute approximate surface area is 161 Å². The van der Waals surface area contributed by atoms with E-state index >= 15 is 0 Å². The minimum Gasteiger partial charge on any atom is -0.326 e. The van der Waals surface area contributed by atoms with Gasteiger partial charge in [0.15, 0.2) is 0 Å². The molecule has 0 saturated heterocycles. The molecular formula is C21H19N2O2PS. The van der Waals surface area contributed by atoms with Crippen LogP contribution >= 0.6 is 18.1 Å². The molecule has 1 atom stereocenters. The van der Waals surface area contributed by atoms with Crippen LogP contribution in [0.3, 0.4) is 0 Å². The van der Waals surface area contributed by atoms with Crippen molar-refractivity contribution in [2.24, 2.45) is 0 Å². The molecule has 0 saturated carbocycles. The predicted octanol–water partition coefficient (Wildman–Crippen LogP) is 5.51. The Hall–Kier alpha value is -2.17. The molecule has 136 valence electrons. The Balaban J connectivity index is 1.46. The topological polar surface area (TPSA) is 62.2 Å². The molecule has 27 heavy (non-hydrogen) atoms. The number of nitrogens with zero attached hydrogens (tertiary/aromatic N) is 1. The van der Waals surface area contributed by atoms with Gasteiger partial charge in [-0.15, -0.1) is 0 Å². The lowest BCUT2D eigenvalue weighted by Gasteiger charge is -2.14. The van der Waals surface area contributed by atoms with Crippen molar-refractivity contribution in [2.75, 3.05) is 0 Å². The summed E-state index contributed by atoms with van der Waals surface area (Å²) < 4.78 is 12.6. The molecule has 1 aromatic heterocycles. The molecule has 0 fully saturated rings. The standard InChI is InChI=1S/C21H19N2O2PS/c24-26(25,23-14-18-9-3-7-16-6-1-2-12-20(16)18)27-15-19-10-4-8-17-11-5-13-22-21(17)19/h1-13H,14-15H2,(H2,23,24,25). The summed E-state index contributed by atoms with van der Waals surface area (Å²) >= 11 is 1.03. The number of hydrogen-bond acceptors (Lipinski definition) is 3. The zero-order valence-corrected chi connectivity index (χ0v) is 16.3. The lowest BCUT2D eigenvalue weighted by atomic mass is 10.1. The van der Waals surface area contributed by atoms with E-state index < -0.39 is 6.72 Å². The van der Waals surface area contributed by atoms with Gasteiger partial charge in [0.25, 0.3) is 0 Å². The molecule has 4 rings (SSSR count). The molecule has 0 spiro atoms. The number of para-hydroxylation sites is 1. The number of hydrogen-bond donors (Lipinski definition) is 2. The van der Waals surface area contributed by atoms with E-state index in [1.807, 2.05) is 72.8 Å². The number of pyridine rings is 1. The second-order valence-corrected chi connectivity index (χ2v) is 10.4. The first-order chi connectivity index (χ1) is 13.1. The van der Waals surface area contributed by atoms with Crippen molar-refractivity contribution >= 4 is 39.8 Å². The van der Waals surface area contributed by atoms with Gasteiger partial charge in [0.1, 0.15) is 0 Å². The molecule has 2 N–H and O–H groups in total. The second-order valence-electron chi connectivity index (χ2n) is 6.26. The van der Waals surface area contributed by atoms with Crippen LogP contribution in [0, 0.1) is 0 Å². The van der Waals surface area contributed by atoms with E-state index in [2.05, 4.69) is 10.1 Å². The van der Waals surface area contributed by atoms with Gasteiger partial charge in [0.05, 0.1) is 5.52 Å². The number of rotatable bonds is 6. The Kier molecular flexibility index (Phi) is 5.28. The molecule has 3 aromatic carbocycles. The third-order valence-corrected chi connectivity index (χ3v) is 7.63. The van der Waals surface area contributed by atoms with E-state index in [0.717, 1.165) is 44.2 Å². The van der Waals surface area contributed by atoms with Gasteiger partial charge in [-0.05, 0) is 39.3 Å². The van der Waals surface area contributed by atoms with Gasteiger partial charge in [-0.1, -0.05) is 66.7 Å². The van der Waals surface area contributed by atoms with E-state index in [0.29, 0.717) is 12.3 Å². The summed E-state index contributed by atoms with van der Waals surface area (Å²) in [5.74, 6) is 0.421. The van der Waals surface area contributed by atoms with Crippen LogP contribution in [-0.2, 0) is 16.9 Å². The van der Waals surface area contributed by atoms with E-state index in [1.165, 1.54) is 0 Å². The monoisotopic (exact) mass is 394 g/mol. The average molecular weight is 394 g/mol. The quantitative estimate of drug-likeness (QED) is 0.422. The highest BCUT2D eigenvalue weighted by atomic mass is 32.7. The van der Waals surface area contributed by atoms with E-state index in [4.69, 9.17) is 0 Å². The molecule has 1 unspecified atom stereocenters. The van der Waals surface area contributed by atoms with Crippen LogP contribution in [0.4, 0.5) is 0 Å². The summed E-state index contributed by atoms with van der Waals surface area (Å²) in [6, 6.07) is 23.8. The third kappa shape index (κ3) is 4.23. The maximum atomic E-state index is 12.6. The number of nitrogens with one attached hydrogen (secondary N) is 1. The smallest absolute Gasteiger partial charge is 0.324 e. The van der Waals surface area contributed by atoms with E-state index in [-0.39, 0.29) is 0 Å². The number of benzene rings is 3. The zero-order chi connectivity index (χ0) is 18.7. The molecule has 0 amide bonds. The van der Waals surface area contributed by atoms with Gasteiger partial charge in [-0.25, -0.2) is 5.09 Å². The van der Waals surface area contributed by atoms with Gasteiger partial charge in [0.2, 0.25) is 0 Å². The SMILES string of the molecule is O=P(O)(NCc1cccc2ccccc12)SCc1cccc2cccnc12. The van der Waals surface area contributed by atoms with E-state index in [9.17, 15) is 9.46 Å². The van der Waals surface area contributed by atoms with E-state index in [1.54, 1.807) is 6.20 Å². The van der Waals surface area contributed by atoms with Gasteiger partial charge in [-0.2, -0.15) is 0 Å². The lowest BCUT2D eigenvalue weighted by Crippen LogP contribution is -2.08. The first-order valence-electron chi connectivity index (χ1n) is 8.64. The summed E-state index contributed by atoms with van der Waals surface area (Å²) in [6.45, 7) is -3.20. The molecule has 4 nitrogen and oxygen atoms in total. The summed E-state index contributed by atoms with van der Waals surface area (Å²) in [5.41, 5.74) is 2.84. The summed E-state index contributed by atoms with van der Waals surface area (Å²) in [7, 11) is 0. The fraction of sp³-hybridized carbons (Fsp3) is 0.0952. The van der Waals surface area contributed by atoms with Crippen molar-refractivity contribution in [2.45, 2.75) is 12.3 Å². The highest BCUT2D eigenvalue weighted by Gasteiger charge is 2.19. The largest absolute Gasteiger partial charge is 0.326 e. The Bertz CT molecular complexity index is 1050. The maximum Gasteiger partial charge on any atom is 0.324 e. The normalized spacial score (nSPS) is 13.7. The molecule has 1 heterocycles. The minimum atomic E-state index is -3.54. The fourth-order valence-electron chi connectivity index (χ4n) is 3.12. The van der Waals surface area contributed by atoms with Gasteiger partial charge in [0, 0.05) is 23.9 Å². The van der Waals surface area contributed by atoms with Crippen molar-refractivity contribution < 1.29 is 9.46 Å².